The first-order valence-corrected chi connectivity index (χ1v) is 7.93. The molecule has 3 rings (SSSR count). The maximum atomic E-state index is 13.6. The molecule has 0 spiro atoms. The summed E-state index contributed by atoms with van der Waals surface area (Å²) in [6, 6.07) is 8.69. The Morgan fingerprint density at radius 1 is 1.20 bits per heavy atom. The summed E-state index contributed by atoms with van der Waals surface area (Å²) in [6.07, 6.45) is 4.93. The zero-order chi connectivity index (χ0) is 17.8. The van der Waals surface area contributed by atoms with Crippen LogP contribution in [0.15, 0.2) is 55.1 Å². The number of amides is 1. The van der Waals surface area contributed by atoms with Gasteiger partial charge in [-0.3, -0.25) is 4.79 Å². The number of nitrogens with one attached hydrogen (secondary N) is 1. The van der Waals surface area contributed by atoms with E-state index in [9.17, 15) is 13.6 Å². The molecule has 0 fully saturated rings. The third-order valence-electron chi connectivity index (χ3n) is 3.68. The summed E-state index contributed by atoms with van der Waals surface area (Å²) < 4.78 is 28.9. The molecule has 7 heteroatoms. The van der Waals surface area contributed by atoms with Crippen molar-refractivity contribution in [1.29, 1.82) is 0 Å². The number of carbonyl (C=O) groups is 1. The van der Waals surface area contributed by atoms with E-state index in [2.05, 4.69) is 10.3 Å². The van der Waals surface area contributed by atoms with Gasteiger partial charge in [0.15, 0.2) is 0 Å². The van der Waals surface area contributed by atoms with Crippen molar-refractivity contribution in [1.82, 2.24) is 9.55 Å². The summed E-state index contributed by atoms with van der Waals surface area (Å²) >= 11 is 6.22. The standard InChI is InChI=1S/C18H14ClF2N3O/c19-14-10-12(4-6-17(14)24-9-8-22-11-24)23-18(25)7-5-13-15(20)2-1-3-16(13)21/h1-4,6,8-11H,5,7H2,(H,23,25). The monoisotopic (exact) mass is 361 g/mol. The van der Waals surface area contributed by atoms with Gasteiger partial charge in [0.05, 0.1) is 17.0 Å². The van der Waals surface area contributed by atoms with Crippen LogP contribution in [0.1, 0.15) is 12.0 Å². The highest BCUT2D eigenvalue weighted by Gasteiger charge is 2.11. The summed E-state index contributed by atoms with van der Waals surface area (Å²) in [5.74, 6) is -1.66. The molecule has 0 saturated carbocycles. The Bertz CT molecular complexity index is 877. The smallest absolute Gasteiger partial charge is 0.224 e. The van der Waals surface area contributed by atoms with Gasteiger partial charge in [-0.1, -0.05) is 17.7 Å². The van der Waals surface area contributed by atoms with Gasteiger partial charge in [0.25, 0.3) is 0 Å². The fourth-order valence-corrected chi connectivity index (χ4v) is 2.71. The summed E-state index contributed by atoms with van der Waals surface area (Å²) in [7, 11) is 0. The molecule has 128 valence electrons. The van der Waals surface area contributed by atoms with Gasteiger partial charge in [0.2, 0.25) is 5.91 Å². The summed E-state index contributed by atoms with van der Waals surface area (Å²) in [6.45, 7) is 0. The van der Waals surface area contributed by atoms with Crippen LogP contribution in [-0.4, -0.2) is 15.5 Å². The van der Waals surface area contributed by atoms with Crippen molar-refractivity contribution in [3.63, 3.8) is 0 Å². The molecule has 0 aliphatic rings. The lowest BCUT2D eigenvalue weighted by Crippen LogP contribution is -2.13. The van der Waals surface area contributed by atoms with Gasteiger partial charge >= 0.3 is 0 Å². The molecular formula is C18H14ClF2N3O. The molecule has 0 aliphatic heterocycles. The quantitative estimate of drug-likeness (QED) is 0.733. The Balaban J connectivity index is 1.64. The van der Waals surface area contributed by atoms with Gasteiger partial charge in [-0.05, 0) is 36.8 Å². The SMILES string of the molecule is O=C(CCc1c(F)cccc1F)Nc1ccc(-n2ccnc2)c(Cl)c1. The second-order valence-electron chi connectivity index (χ2n) is 5.38. The van der Waals surface area contributed by atoms with Crippen LogP contribution in [0.25, 0.3) is 5.69 Å². The van der Waals surface area contributed by atoms with Crippen LogP contribution in [0.3, 0.4) is 0 Å². The van der Waals surface area contributed by atoms with E-state index >= 15 is 0 Å². The molecule has 0 bridgehead atoms. The highest BCUT2D eigenvalue weighted by Crippen LogP contribution is 2.24. The summed E-state index contributed by atoms with van der Waals surface area (Å²) in [5, 5.41) is 3.11. The fourth-order valence-electron chi connectivity index (χ4n) is 2.43. The van der Waals surface area contributed by atoms with Gasteiger partial charge in [-0.2, -0.15) is 0 Å². The lowest BCUT2D eigenvalue weighted by Gasteiger charge is -2.10. The number of hydrogen-bond donors (Lipinski definition) is 1. The van der Waals surface area contributed by atoms with E-state index in [1.807, 2.05) is 0 Å². The van der Waals surface area contributed by atoms with Gasteiger partial charge in [0, 0.05) is 30.1 Å². The highest BCUT2D eigenvalue weighted by molar-refractivity contribution is 6.32. The molecule has 0 atom stereocenters. The zero-order valence-electron chi connectivity index (χ0n) is 13.0. The Labute approximate surface area is 148 Å². The van der Waals surface area contributed by atoms with E-state index in [1.54, 1.807) is 41.5 Å². The number of nitrogens with zero attached hydrogens (tertiary/aromatic N) is 2. The second-order valence-corrected chi connectivity index (χ2v) is 5.79. The molecule has 1 N–H and O–H groups in total. The van der Waals surface area contributed by atoms with E-state index in [1.165, 1.54) is 18.2 Å². The number of halogens is 3. The Morgan fingerprint density at radius 3 is 2.60 bits per heavy atom. The molecule has 4 nitrogen and oxygen atoms in total. The number of rotatable bonds is 5. The maximum Gasteiger partial charge on any atom is 0.224 e. The minimum atomic E-state index is -0.652. The van der Waals surface area contributed by atoms with E-state index in [4.69, 9.17) is 11.6 Å². The molecule has 25 heavy (non-hydrogen) atoms. The predicted octanol–water partition coefficient (Wildman–Crippen LogP) is 4.38. The average molecular weight is 362 g/mol. The van der Waals surface area contributed by atoms with Crippen LogP contribution in [0.4, 0.5) is 14.5 Å². The zero-order valence-corrected chi connectivity index (χ0v) is 13.8. The number of hydrogen-bond acceptors (Lipinski definition) is 2. The topological polar surface area (TPSA) is 46.9 Å². The minimum Gasteiger partial charge on any atom is -0.326 e. The van der Waals surface area contributed by atoms with E-state index in [0.29, 0.717) is 10.7 Å². The van der Waals surface area contributed by atoms with Crippen molar-refractivity contribution in [2.45, 2.75) is 12.8 Å². The predicted molar refractivity (Wildman–Crippen MR) is 91.9 cm³/mol. The van der Waals surface area contributed by atoms with Crippen LogP contribution < -0.4 is 5.32 Å². The maximum absolute atomic E-state index is 13.6. The van der Waals surface area contributed by atoms with Gasteiger partial charge in [0.1, 0.15) is 11.6 Å². The number of anilines is 1. The first kappa shape index (κ1) is 17.1. The number of aromatic nitrogens is 2. The fraction of sp³-hybridized carbons (Fsp3) is 0.111. The van der Waals surface area contributed by atoms with Gasteiger partial charge < -0.3 is 9.88 Å². The number of imidazole rings is 1. The average Bonchev–Trinajstić information content (AvgIpc) is 3.08. The van der Waals surface area contributed by atoms with Crippen molar-refractivity contribution in [2.75, 3.05) is 5.32 Å². The van der Waals surface area contributed by atoms with Crippen LogP contribution in [0.2, 0.25) is 5.02 Å². The Hall–Kier alpha value is -2.73. The molecule has 0 unspecified atom stereocenters. The van der Waals surface area contributed by atoms with Gasteiger partial charge in [-0.15, -0.1) is 0 Å². The largest absolute Gasteiger partial charge is 0.326 e. The van der Waals surface area contributed by atoms with E-state index in [-0.39, 0.29) is 24.3 Å². The van der Waals surface area contributed by atoms with Crippen LogP contribution in [-0.2, 0) is 11.2 Å². The molecule has 1 aromatic heterocycles. The molecular weight excluding hydrogens is 348 g/mol. The number of benzene rings is 2. The second kappa shape index (κ2) is 7.44. The van der Waals surface area contributed by atoms with Crippen molar-refractivity contribution in [3.8, 4) is 5.69 Å². The molecule has 0 saturated heterocycles. The molecule has 1 amide bonds. The first-order valence-electron chi connectivity index (χ1n) is 7.55. The molecule has 1 heterocycles. The van der Waals surface area contributed by atoms with Crippen LogP contribution >= 0.6 is 11.6 Å². The molecule has 0 radical (unpaired) electrons. The number of carbonyl (C=O) groups excluding carboxylic acids is 1. The minimum absolute atomic E-state index is 0.0226. The Morgan fingerprint density at radius 2 is 1.96 bits per heavy atom. The molecule has 2 aromatic carbocycles. The van der Waals surface area contributed by atoms with Crippen molar-refractivity contribution < 1.29 is 13.6 Å². The first-order chi connectivity index (χ1) is 12.0. The Kier molecular flexibility index (Phi) is 5.09. The molecule has 0 aliphatic carbocycles. The van der Waals surface area contributed by atoms with E-state index < -0.39 is 11.6 Å². The molecule has 3 aromatic rings. The normalized spacial score (nSPS) is 10.7. The summed E-state index contributed by atoms with van der Waals surface area (Å²) in [5.41, 5.74) is 1.14. The third-order valence-corrected chi connectivity index (χ3v) is 3.98. The van der Waals surface area contributed by atoms with E-state index in [0.717, 1.165) is 5.69 Å². The van der Waals surface area contributed by atoms with Crippen LogP contribution in [0.5, 0.6) is 0 Å². The lowest BCUT2D eigenvalue weighted by molar-refractivity contribution is -0.116. The summed E-state index contributed by atoms with van der Waals surface area (Å²) in [4.78, 5) is 16.0. The third kappa shape index (κ3) is 4.03. The highest BCUT2D eigenvalue weighted by atomic mass is 35.5. The van der Waals surface area contributed by atoms with Crippen molar-refractivity contribution in [3.05, 3.63) is 77.3 Å². The van der Waals surface area contributed by atoms with Crippen LogP contribution in [0, 0.1) is 11.6 Å². The lowest BCUT2D eigenvalue weighted by atomic mass is 10.1. The van der Waals surface area contributed by atoms with Gasteiger partial charge in [-0.25, -0.2) is 13.8 Å². The van der Waals surface area contributed by atoms with Crippen molar-refractivity contribution in [2.24, 2.45) is 0 Å². The van der Waals surface area contributed by atoms with Crippen molar-refractivity contribution >= 4 is 23.2 Å².